The third-order valence-electron chi connectivity index (χ3n) is 8.15. The zero-order chi connectivity index (χ0) is 29.0. The molecule has 4 nitrogen and oxygen atoms in total. The summed E-state index contributed by atoms with van der Waals surface area (Å²) in [6.45, 7) is 0. The molecule has 0 fully saturated rings. The van der Waals surface area contributed by atoms with E-state index in [2.05, 4.69) is 91.0 Å². The number of rotatable bonds is 4. The third-order valence-corrected chi connectivity index (χ3v) is 9.35. The maximum absolute atomic E-state index is 6.51. The summed E-state index contributed by atoms with van der Waals surface area (Å²) in [5, 5.41) is 4.41. The van der Waals surface area contributed by atoms with Crippen LogP contribution in [0.25, 0.3) is 87.4 Å². The van der Waals surface area contributed by atoms with Crippen molar-refractivity contribution >= 4 is 53.4 Å². The van der Waals surface area contributed by atoms with Gasteiger partial charge in [-0.2, -0.15) is 0 Å². The molecule has 44 heavy (non-hydrogen) atoms. The predicted molar refractivity (Wildman–Crippen MR) is 182 cm³/mol. The van der Waals surface area contributed by atoms with E-state index in [1.54, 1.807) is 11.3 Å². The minimum Gasteiger partial charge on any atom is -0.455 e. The molecule has 0 atom stereocenters. The van der Waals surface area contributed by atoms with Gasteiger partial charge in [-0.3, -0.25) is 0 Å². The summed E-state index contributed by atoms with van der Waals surface area (Å²) < 4.78 is 8.82. The molecule has 0 radical (unpaired) electrons. The standard InChI is InChI=1S/C39H23N3OS/c1-3-11-24(12-4-1)25-19-21-27(22-20-25)38-40-37(26-13-5-2-6-14-26)41-39(42-38)31-23-30-28-15-7-9-17-32(28)43-35(30)34-29-16-8-10-18-33(29)44-36(31)34/h1-23H. The van der Waals surface area contributed by atoms with Gasteiger partial charge in [0.1, 0.15) is 11.2 Å². The van der Waals surface area contributed by atoms with Crippen LogP contribution in [0.2, 0.25) is 0 Å². The van der Waals surface area contributed by atoms with Crippen LogP contribution in [0.1, 0.15) is 0 Å². The van der Waals surface area contributed by atoms with Crippen LogP contribution < -0.4 is 0 Å². The number of benzene rings is 6. The number of hydrogen-bond donors (Lipinski definition) is 0. The van der Waals surface area contributed by atoms with Gasteiger partial charge in [0, 0.05) is 42.9 Å². The third kappa shape index (κ3) is 4.02. The van der Waals surface area contributed by atoms with Crippen LogP contribution >= 0.6 is 11.3 Å². The highest BCUT2D eigenvalue weighted by Gasteiger charge is 2.22. The number of thiophene rings is 1. The highest BCUT2D eigenvalue weighted by atomic mass is 32.1. The van der Waals surface area contributed by atoms with E-state index >= 15 is 0 Å². The Hall–Kier alpha value is -5.65. The van der Waals surface area contributed by atoms with Gasteiger partial charge in [0.05, 0.1) is 4.70 Å². The fraction of sp³-hybridized carbons (Fsp3) is 0. The van der Waals surface area contributed by atoms with Crippen molar-refractivity contribution in [1.29, 1.82) is 0 Å². The number of nitrogens with zero attached hydrogens (tertiary/aromatic N) is 3. The van der Waals surface area contributed by atoms with Crippen molar-refractivity contribution in [3.05, 3.63) is 140 Å². The van der Waals surface area contributed by atoms with Gasteiger partial charge in [-0.1, -0.05) is 121 Å². The van der Waals surface area contributed by atoms with Gasteiger partial charge in [-0.15, -0.1) is 11.3 Å². The lowest BCUT2D eigenvalue weighted by Crippen LogP contribution is -2.00. The smallest absolute Gasteiger partial charge is 0.165 e. The average molecular weight is 582 g/mol. The SMILES string of the molecule is c1ccc(-c2ccc(-c3nc(-c4ccccc4)nc(-c4cc5c6ccccc6oc5c5c4sc4ccccc45)n3)cc2)cc1. The van der Waals surface area contributed by atoms with Gasteiger partial charge < -0.3 is 4.42 Å². The zero-order valence-corrected chi connectivity index (χ0v) is 24.3. The lowest BCUT2D eigenvalue weighted by molar-refractivity contribution is 0.673. The molecule has 3 heterocycles. The van der Waals surface area contributed by atoms with Crippen molar-refractivity contribution in [2.24, 2.45) is 0 Å². The molecular formula is C39H23N3OS. The van der Waals surface area contributed by atoms with Gasteiger partial charge in [0.15, 0.2) is 17.5 Å². The molecule has 0 spiro atoms. The number of fused-ring (bicyclic) bond motifs is 7. The first-order chi connectivity index (χ1) is 21.8. The maximum Gasteiger partial charge on any atom is 0.165 e. The molecule has 0 saturated heterocycles. The second kappa shape index (κ2) is 9.97. The molecule has 0 aliphatic rings. The molecular weight excluding hydrogens is 559 g/mol. The summed E-state index contributed by atoms with van der Waals surface area (Å²) in [5.74, 6) is 1.92. The van der Waals surface area contributed by atoms with E-state index in [4.69, 9.17) is 19.4 Å². The van der Waals surface area contributed by atoms with E-state index in [-0.39, 0.29) is 0 Å². The molecule has 9 aromatic rings. The Bertz CT molecular complexity index is 2480. The molecule has 0 aliphatic carbocycles. The Kier molecular flexibility index (Phi) is 5.64. The molecule has 0 N–H and O–H groups in total. The van der Waals surface area contributed by atoms with E-state index in [9.17, 15) is 0 Å². The molecule has 3 aromatic heterocycles. The molecule has 0 aliphatic heterocycles. The van der Waals surface area contributed by atoms with E-state index < -0.39 is 0 Å². The largest absolute Gasteiger partial charge is 0.455 e. The molecule has 5 heteroatoms. The molecule has 0 bridgehead atoms. The van der Waals surface area contributed by atoms with Crippen molar-refractivity contribution in [1.82, 2.24) is 15.0 Å². The normalized spacial score (nSPS) is 11.6. The first kappa shape index (κ1) is 24.9. The Labute approximate surface area is 256 Å². The van der Waals surface area contributed by atoms with Gasteiger partial charge in [-0.25, -0.2) is 15.0 Å². The summed E-state index contributed by atoms with van der Waals surface area (Å²) in [4.78, 5) is 15.2. The summed E-state index contributed by atoms with van der Waals surface area (Å²) in [5.41, 5.74) is 6.95. The quantitative estimate of drug-likeness (QED) is 0.207. The van der Waals surface area contributed by atoms with Gasteiger partial charge in [-0.05, 0) is 29.3 Å². The first-order valence-electron chi connectivity index (χ1n) is 14.5. The van der Waals surface area contributed by atoms with Crippen LogP contribution in [0.5, 0.6) is 0 Å². The van der Waals surface area contributed by atoms with Crippen molar-refractivity contribution in [2.75, 3.05) is 0 Å². The highest BCUT2D eigenvalue weighted by molar-refractivity contribution is 7.26. The number of aromatic nitrogens is 3. The zero-order valence-electron chi connectivity index (χ0n) is 23.4. The Morgan fingerprint density at radius 2 is 1.00 bits per heavy atom. The Balaban J connectivity index is 1.32. The fourth-order valence-corrected chi connectivity index (χ4v) is 7.23. The summed E-state index contributed by atoms with van der Waals surface area (Å²) in [7, 11) is 0. The van der Waals surface area contributed by atoms with Gasteiger partial charge in [0.2, 0.25) is 0 Å². The van der Waals surface area contributed by atoms with Crippen LogP contribution in [0.3, 0.4) is 0 Å². The minimum absolute atomic E-state index is 0.639. The first-order valence-corrected chi connectivity index (χ1v) is 15.3. The van der Waals surface area contributed by atoms with Crippen LogP contribution in [0.4, 0.5) is 0 Å². The lowest BCUT2D eigenvalue weighted by atomic mass is 10.0. The monoisotopic (exact) mass is 581 g/mol. The van der Waals surface area contributed by atoms with E-state index in [0.29, 0.717) is 17.5 Å². The van der Waals surface area contributed by atoms with Crippen LogP contribution in [-0.2, 0) is 0 Å². The molecule has 6 aromatic carbocycles. The Morgan fingerprint density at radius 3 is 1.75 bits per heavy atom. The van der Waals surface area contributed by atoms with Crippen LogP contribution in [-0.4, -0.2) is 15.0 Å². The van der Waals surface area contributed by atoms with Crippen LogP contribution in [0.15, 0.2) is 144 Å². The molecule has 0 unspecified atom stereocenters. The summed E-state index contributed by atoms with van der Waals surface area (Å²) in [6, 6.07) is 47.9. The number of para-hydroxylation sites is 1. The average Bonchev–Trinajstić information content (AvgIpc) is 3.67. The molecule has 206 valence electrons. The van der Waals surface area contributed by atoms with Crippen molar-refractivity contribution in [3.8, 4) is 45.3 Å². The van der Waals surface area contributed by atoms with E-state index in [1.807, 2.05) is 48.5 Å². The molecule has 0 amide bonds. The predicted octanol–water partition coefficient (Wildman–Crippen LogP) is 10.8. The number of furan rings is 1. The number of hydrogen-bond acceptors (Lipinski definition) is 5. The fourth-order valence-electron chi connectivity index (χ4n) is 6.02. The van der Waals surface area contributed by atoms with Gasteiger partial charge >= 0.3 is 0 Å². The van der Waals surface area contributed by atoms with Crippen molar-refractivity contribution in [3.63, 3.8) is 0 Å². The van der Waals surface area contributed by atoms with Gasteiger partial charge in [0.25, 0.3) is 0 Å². The van der Waals surface area contributed by atoms with Crippen LogP contribution in [0, 0.1) is 0 Å². The summed E-state index contributed by atoms with van der Waals surface area (Å²) >= 11 is 1.75. The molecule has 9 rings (SSSR count). The topological polar surface area (TPSA) is 51.8 Å². The minimum atomic E-state index is 0.639. The second-order valence-electron chi connectivity index (χ2n) is 10.8. The summed E-state index contributed by atoms with van der Waals surface area (Å²) in [6.07, 6.45) is 0. The van der Waals surface area contributed by atoms with E-state index in [1.165, 1.54) is 15.6 Å². The van der Waals surface area contributed by atoms with Crippen molar-refractivity contribution < 1.29 is 4.42 Å². The maximum atomic E-state index is 6.51. The van der Waals surface area contributed by atoms with Crippen molar-refractivity contribution in [2.45, 2.75) is 0 Å². The van der Waals surface area contributed by atoms with E-state index in [0.717, 1.165) is 54.3 Å². The Morgan fingerprint density at radius 1 is 0.455 bits per heavy atom. The lowest BCUT2D eigenvalue weighted by Gasteiger charge is -2.10. The highest BCUT2D eigenvalue weighted by Crippen LogP contribution is 2.46. The second-order valence-corrected chi connectivity index (χ2v) is 11.9. The molecule has 0 saturated carbocycles.